The van der Waals surface area contributed by atoms with Gasteiger partial charge in [0, 0.05) is 19.4 Å². The molecule has 204 valence electrons. The van der Waals surface area contributed by atoms with Gasteiger partial charge in [-0.15, -0.1) is 0 Å². The van der Waals surface area contributed by atoms with Crippen molar-refractivity contribution in [3.05, 3.63) is 24.3 Å². The number of hydrogen-bond acceptors (Lipinski definition) is 8. The number of carbonyl (C=O) groups excluding carboxylic acids is 3. The minimum absolute atomic E-state index is 0.107. The van der Waals surface area contributed by atoms with E-state index in [4.69, 9.17) is 19.3 Å². The molecule has 1 aliphatic carbocycles. The first-order valence-corrected chi connectivity index (χ1v) is 11.9. The average molecular weight is 523 g/mol. The van der Waals surface area contributed by atoms with Crippen molar-refractivity contribution in [1.82, 2.24) is 10.6 Å². The second-order valence-electron chi connectivity index (χ2n) is 9.86. The van der Waals surface area contributed by atoms with Gasteiger partial charge in [0.15, 0.2) is 18.1 Å². The van der Waals surface area contributed by atoms with Gasteiger partial charge in [-0.25, -0.2) is 14.4 Å². The zero-order valence-corrected chi connectivity index (χ0v) is 21.4. The van der Waals surface area contributed by atoms with E-state index in [-0.39, 0.29) is 17.4 Å². The number of carboxylic acid groups (broad SMARTS) is 2. The third-order valence-electron chi connectivity index (χ3n) is 5.71. The summed E-state index contributed by atoms with van der Waals surface area (Å²) in [6.07, 6.45) is 1.50. The summed E-state index contributed by atoms with van der Waals surface area (Å²) in [7, 11) is 0. The van der Waals surface area contributed by atoms with Gasteiger partial charge in [0.25, 0.3) is 0 Å². The molecule has 1 aromatic carbocycles. The number of aliphatic carboxylic acids is 2. The van der Waals surface area contributed by atoms with Crippen LogP contribution in [0.15, 0.2) is 24.3 Å². The maximum Gasteiger partial charge on any atom is 0.407 e. The molecule has 37 heavy (non-hydrogen) atoms. The van der Waals surface area contributed by atoms with Gasteiger partial charge < -0.3 is 35.1 Å². The predicted octanol–water partition coefficient (Wildman–Crippen LogP) is 2.35. The first-order valence-electron chi connectivity index (χ1n) is 11.9. The summed E-state index contributed by atoms with van der Waals surface area (Å²) in [6.45, 7) is 5.92. The van der Waals surface area contributed by atoms with Gasteiger partial charge in [0.2, 0.25) is 11.7 Å². The Morgan fingerprint density at radius 1 is 0.973 bits per heavy atom. The molecule has 2 rings (SSSR count). The first-order chi connectivity index (χ1) is 17.2. The lowest BCUT2D eigenvalue weighted by Crippen LogP contribution is -2.64. The quantitative estimate of drug-likeness (QED) is 0.249. The summed E-state index contributed by atoms with van der Waals surface area (Å²) in [5.74, 6) is -5.45. The highest BCUT2D eigenvalue weighted by atomic mass is 16.6. The molecule has 1 fully saturated rings. The smallest absolute Gasteiger partial charge is 0.407 e. The highest BCUT2D eigenvalue weighted by molar-refractivity contribution is 6.08. The van der Waals surface area contributed by atoms with Gasteiger partial charge >= 0.3 is 23.8 Å². The van der Waals surface area contributed by atoms with Crippen molar-refractivity contribution in [2.75, 3.05) is 13.2 Å². The van der Waals surface area contributed by atoms with E-state index in [9.17, 15) is 29.1 Å². The molecule has 0 spiro atoms. The van der Waals surface area contributed by atoms with Crippen molar-refractivity contribution in [2.24, 2.45) is 11.8 Å². The van der Waals surface area contributed by atoms with E-state index >= 15 is 0 Å². The lowest BCUT2D eigenvalue weighted by molar-refractivity contribution is -0.168. The Kier molecular flexibility index (Phi) is 9.87. The summed E-state index contributed by atoms with van der Waals surface area (Å²) >= 11 is 0. The van der Waals surface area contributed by atoms with E-state index in [1.54, 1.807) is 20.8 Å². The van der Waals surface area contributed by atoms with E-state index in [0.717, 1.165) is 6.92 Å². The van der Waals surface area contributed by atoms with Gasteiger partial charge in [-0.1, -0.05) is 12.1 Å². The van der Waals surface area contributed by atoms with Gasteiger partial charge in [-0.2, -0.15) is 0 Å². The van der Waals surface area contributed by atoms with Crippen LogP contribution in [0, 0.1) is 11.8 Å². The zero-order valence-electron chi connectivity index (χ0n) is 21.4. The fourth-order valence-electron chi connectivity index (χ4n) is 3.84. The van der Waals surface area contributed by atoms with Gasteiger partial charge in [0.1, 0.15) is 5.60 Å². The molecular weight excluding hydrogens is 488 g/mol. The number of rotatable bonds is 11. The molecule has 0 saturated heterocycles. The van der Waals surface area contributed by atoms with Crippen LogP contribution >= 0.6 is 0 Å². The Morgan fingerprint density at radius 3 is 2.08 bits per heavy atom. The number of para-hydroxylation sites is 2. The third kappa shape index (κ3) is 8.65. The molecule has 1 atom stereocenters. The van der Waals surface area contributed by atoms with Gasteiger partial charge in [-0.05, 0) is 64.5 Å². The van der Waals surface area contributed by atoms with Crippen molar-refractivity contribution in [3.63, 3.8) is 0 Å². The normalized spacial score (nSPS) is 19.0. The number of alkyl carbamates (subject to hydrolysis) is 1. The molecule has 12 heteroatoms. The molecule has 0 bridgehead atoms. The van der Waals surface area contributed by atoms with Crippen molar-refractivity contribution in [3.8, 4) is 11.5 Å². The minimum Gasteiger partial charge on any atom is -0.479 e. The minimum atomic E-state index is -2.74. The SMILES string of the molecule is CC(=O)C(NC(=O)C1CCC(CNC(=O)OC(C)(C)C)CC1)(Oc1ccccc1OCC(=O)O)C(=O)O. The first kappa shape index (κ1) is 29.4. The summed E-state index contributed by atoms with van der Waals surface area (Å²) in [4.78, 5) is 60.5. The summed E-state index contributed by atoms with van der Waals surface area (Å²) in [5.41, 5.74) is -3.35. The van der Waals surface area contributed by atoms with Crippen molar-refractivity contribution in [1.29, 1.82) is 0 Å². The molecule has 1 aromatic rings. The number of carbonyl (C=O) groups is 5. The van der Waals surface area contributed by atoms with Crippen LogP contribution in [-0.4, -0.2) is 64.4 Å². The van der Waals surface area contributed by atoms with Crippen LogP contribution in [0.2, 0.25) is 0 Å². The number of benzene rings is 1. The fraction of sp³-hybridized carbons (Fsp3) is 0.560. The average Bonchev–Trinajstić information content (AvgIpc) is 2.80. The lowest BCUT2D eigenvalue weighted by Gasteiger charge is -2.33. The summed E-state index contributed by atoms with van der Waals surface area (Å²) in [6, 6.07) is 5.63. The topological polar surface area (TPSA) is 178 Å². The molecule has 1 aliphatic rings. The predicted molar refractivity (Wildman–Crippen MR) is 129 cm³/mol. The van der Waals surface area contributed by atoms with Crippen molar-refractivity contribution >= 4 is 29.7 Å². The van der Waals surface area contributed by atoms with Crippen LogP contribution in [0.5, 0.6) is 11.5 Å². The Labute approximate surface area is 214 Å². The van der Waals surface area contributed by atoms with Crippen molar-refractivity contribution in [2.45, 2.75) is 64.7 Å². The van der Waals surface area contributed by atoms with Crippen LogP contribution < -0.4 is 20.1 Å². The van der Waals surface area contributed by atoms with Crippen LogP contribution in [0.3, 0.4) is 0 Å². The highest BCUT2D eigenvalue weighted by Gasteiger charge is 2.50. The zero-order chi connectivity index (χ0) is 27.8. The molecule has 12 nitrogen and oxygen atoms in total. The molecular formula is C25H34N2O10. The number of hydrogen-bond donors (Lipinski definition) is 4. The maximum atomic E-state index is 13.0. The fourth-order valence-corrected chi connectivity index (χ4v) is 3.84. The van der Waals surface area contributed by atoms with E-state index in [1.807, 2.05) is 0 Å². The molecule has 1 saturated carbocycles. The molecule has 4 N–H and O–H groups in total. The second-order valence-corrected chi connectivity index (χ2v) is 9.86. The van der Waals surface area contributed by atoms with Crippen LogP contribution in [0.1, 0.15) is 53.4 Å². The monoisotopic (exact) mass is 522 g/mol. The van der Waals surface area contributed by atoms with Gasteiger partial charge in [-0.3, -0.25) is 9.59 Å². The number of amides is 2. The molecule has 0 radical (unpaired) electrons. The Balaban J connectivity index is 2.06. The van der Waals surface area contributed by atoms with Crippen LogP contribution in [0.25, 0.3) is 0 Å². The second kappa shape index (κ2) is 12.4. The number of carboxylic acids is 2. The Hall–Kier alpha value is -3.83. The molecule has 0 heterocycles. The molecule has 2 amide bonds. The molecule has 0 aliphatic heterocycles. The lowest BCUT2D eigenvalue weighted by atomic mass is 9.81. The standard InChI is InChI=1S/C25H34N2O10/c1-15(28)25(22(32)33,36-19-8-6-5-7-18(19)35-14-20(29)30)27-21(31)17-11-9-16(10-12-17)13-26-23(34)37-24(2,3)4/h5-8,16-17H,9-14H2,1-4H3,(H,26,34)(H,27,31)(H,29,30)(H,32,33). The highest BCUT2D eigenvalue weighted by Crippen LogP contribution is 2.32. The van der Waals surface area contributed by atoms with E-state index in [1.165, 1.54) is 24.3 Å². The molecule has 1 unspecified atom stereocenters. The number of ketones is 1. The van der Waals surface area contributed by atoms with E-state index in [2.05, 4.69) is 10.6 Å². The van der Waals surface area contributed by atoms with E-state index < -0.39 is 53.6 Å². The Bertz CT molecular complexity index is 995. The van der Waals surface area contributed by atoms with Crippen LogP contribution in [0.4, 0.5) is 4.79 Å². The third-order valence-corrected chi connectivity index (χ3v) is 5.71. The van der Waals surface area contributed by atoms with Crippen LogP contribution in [-0.2, 0) is 23.9 Å². The largest absolute Gasteiger partial charge is 0.479 e. The molecule has 0 aromatic heterocycles. The summed E-state index contributed by atoms with van der Waals surface area (Å²) in [5, 5.41) is 23.7. The summed E-state index contributed by atoms with van der Waals surface area (Å²) < 4.78 is 15.9. The van der Waals surface area contributed by atoms with Gasteiger partial charge in [0.05, 0.1) is 0 Å². The number of nitrogens with one attached hydrogen (secondary N) is 2. The number of ether oxygens (including phenoxy) is 3. The van der Waals surface area contributed by atoms with E-state index in [0.29, 0.717) is 32.2 Å². The number of Topliss-reactive ketones (excluding diaryl/α,β-unsaturated/α-hetero) is 1. The van der Waals surface area contributed by atoms with Crippen molar-refractivity contribution < 1.29 is 48.4 Å². The Morgan fingerprint density at radius 2 is 1.57 bits per heavy atom. The maximum absolute atomic E-state index is 13.0.